The molecule has 0 aromatic carbocycles. The lowest BCUT2D eigenvalue weighted by atomic mass is 10.1. The molecule has 2 rings (SSSR count). The van der Waals surface area contributed by atoms with Crippen LogP contribution in [0.2, 0.25) is 5.15 Å². The maximum absolute atomic E-state index is 5.93. The molecule has 0 atom stereocenters. The Hall–Kier alpha value is -0.290. The molecule has 0 aliphatic carbocycles. The highest BCUT2D eigenvalue weighted by molar-refractivity contribution is 7.99. The summed E-state index contributed by atoms with van der Waals surface area (Å²) in [6.45, 7) is 4.84. The number of thioether (sulfide) groups is 1. The van der Waals surface area contributed by atoms with E-state index in [9.17, 15) is 0 Å². The second kappa shape index (κ2) is 8.23. The average molecular weight is 314 g/mol. The Bertz CT molecular complexity index is 406. The van der Waals surface area contributed by atoms with Gasteiger partial charge in [-0.15, -0.1) is 11.8 Å². The predicted octanol–water partition coefficient (Wildman–Crippen LogP) is 3.24. The summed E-state index contributed by atoms with van der Waals surface area (Å²) in [5, 5.41) is 2.34. The molecule has 2 heterocycles. The lowest BCUT2D eigenvalue weighted by Crippen LogP contribution is -2.36. The highest BCUT2D eigenvalue weighted by atomic mass is 35.5. The van der Waals surface area contributed by atoms with Crippen molar-refractivity contribution in [1.82, 2.24) is 14.8 Å². The molecule has 1 aromatic rings. The molecule has 0 unspecified atom stereocenters. The summed E-state index contributed by atoms with van der Waals surface area (Å²) >= 11 is 7.81. The summed E-state index contributed by atoms with van der Waals surface area (Å²) in [6, 6.07) is 5.87. The van der Waals surface area contributed by atoms with Crippen LogP contribution in [0, 0.1) is 0 Å². The van der Waals surface area contributed by atoms with E-state index in [-0.39, 0.29) is 0 Å². The molecule has 0 N–H and O–H groups in total. The lowest BCUT2D eigenvalue weighted by molar-refractivity contribution is 0.220. The molecule has 112 valence electrons. The van der Waals surface area contributed by atoms with Gasteiger partial charge < -0.3 is 9.80 Å². The molecule has 5 heteroatoms. The summed E-state index contributed by atoms with van der Waals surface area (Å²) in [5.74, 6) is 0. The van der Waals surface area contributed by atoms with Gasteiger partial charge in [0.1, 0.15) is 5.15 Å². The zero-order valence-corrected chi connectivity index (χ0v) is 14.0. The van der Waals surface area contributed by atoms with E-state index >= 15 is 0 Å². The number of nitrogens with zero attached hydrogens (tertiary/aromatic N) is 3. The molecule has 1 fully saturated rings. The number of hydrogen-bond donors (Lipinski definition) is 0. The van der Waals surface area contributed by atoms with Crippen LogP contribution in [0.5, 0.6) is 0 Å². The number of aromatic nitrogens is 1. The number of halogens is 1. The molecule has 1 aliphatic heterocycles. The average Bonchev–Trinajstić information content (AvgIpc) is 2.40. The van der Waals surface area contributed by atoms with Crippen molar-refractivity contribution in [2.24, 2.45) is 0 Å². The quantitative estimate of drug-likeness (QED) is 0.751. The monoisotopic (exact) mass is 313 g/mol. The number of piperidine rings is 1. The van der Waals surface area contributed by atoms with E-state index in [1.54, 1.807) is 0 Å². The van der Waals surface area contributed by atoms with E-state index in [0.29, 0.717) is 10.4 Å². The van der Waals surface area contributed by atoms with Gasteiger partial charge in [0, 0.05) is 5.25 Å². The summed E-state index contributed by atoms with van der Waals surface area (Å²) in [7, 11) is 4.28. The maximum atomic E-state index is 5.93. The zero-order valence-electron chi connectivity index (χ0n) is 12.4. The molecule has 0 bridgehead atoms. The van der Waals surface area contributed by atoms with Gasteiger partial charge in [0.2, 0.25) is 0 Å². The minimum atomic E-state index is 0.594. The van der Waals surface area contributed by atoms with Gasteiger partial charge in [-0.3, -0.25) is 0 Å². The van der Waals surface area contributed by atoms with Crippen LogP contribution in [0.15, 0.2) is 23.2 Å². The fourth-order valence-corrected chi connectivity index (χ4v) is 3.80. The Labute approximate surface area is 131 Å². The van der Waals surface area contributed by atoms with Crippen LogP contribution in [0.4, 0.5) is 0 Å². The van der Waals surface area contributed by atoms with E-state index in [1.807, 2.05) is 23.9 Å². The van der Waals surface area contributed by atoms with E-state index in [0.717, 1.165) is 5.03 Å². The van der Waals surface area contributed by atoms with Crippen LogP contribution in [-0.2, 0) is 0 Å². The Kier molecular flexibility index (Phi) is 6.62. The number of rotatable bonds is 6. The van der Waals surface area contributed by atoms with Gasteiger partial charge in [0.15, 0.2) is 0 Å². The number of hydrogen-bond acceptors (Lipinski definition) is 4. The number of likely N-dealkylation sites (tertiary alicyclic amines) is 1. The topological polar surface area (TPSA) is 19.4 Å². The van der Waals surface area contributed by atoms with E-state index in [4.69, 9.17) is 11.6 Å². The molecular weight excluding hydrogens is 290 g/mol. The van der Waals surface area contributed by atoms with Crippen molar-refractivity contribution in [3.8, 4) is 0 Å². The standard InChI is InChI=1S/C15H24ClN3S/c1-18(2)9-4-10-19-11-7-13(8-12-19)20-15-6-3-5-14(16)17-15/h3,5-6,13H,4,7-12H2,1-2H3. The first-order chi connectivity index (χ1) is 9.63. The largest absolute Gasteiger partial charge is 0.309 e. The first kappa shape index (κ1) is 16.1. The second-order valence-electron chi connectivity index (χ2n) is 5.61. The fraction of sp³-hybridized carbons (Fsp3) is 0.667. The minimum absolute atomic E-state index is 0.594. The van der Waals surface area contributed by atoms with Crippen molar-refractivity contribution in [3.05, 3.63) is 23.4 Å². The molecule has 1 aromatic heterocycles. The first-order valence-corrected chi connectivity index (χ1v) is 8.55. The second-order valence-corrected chi connectivity index (χ2v) is 7.32. The molecule has 0 radical (unpaired) electrons. The molecule has 1 aliphatic rings. The molecule has 0 spiro atoms. The highest BCUT2D eigenvalue weighted by Crippen LogP contribution is 2.29. The molecule has 0 amide bonds. The summed E-state index contributed by atoms with van der Waals surface area (Å²) in [6.07, 6.45) is 3.77. The number of pyridine rings is 1. The van der Waals surface area contributed by atoms with Crippen LogP contribution in [-0.4, -0.2) is 60.3 Å². The van der Waals surface area contributed by atoms with E-state index in [1.165, 1.54) is 45.4 Å². The van der Waals surface area contributed by atoms with Crippen LogP contribution >= 0.6 is 23.4 Å². The molecule has 20 heavy (non-hydrogen) atoms. The van der Waals surface area contributed by atoms with Crippen molar-refractivity contribution < 1.29 is 0 Å². The van der Waals surface area contributed by atoms with E-state index < -0.39 is 0 Å². The fourth-order valence-electron chi connectivity index (χ4n) is 2.49. The van der Waals surface area contributed by atoms with Crippen LogP contribution in [0.3, 0.4) is 0 Å². The minimum Gasteiger partial charge on any atom is -0.309 e. The van der Waals surface area contributed by atoms with Crippen molar-refractivity contribution >= 4 is 23.4 Å². The summed E-state index contributed by atoms with van der Waals surface area (Å²) in [4.78, 5) is 9.21. The van der Waals surface area contributed by atoms with Crippen LogP contribution < -0.4 is 0 Å². The third-order valence-corrected chi connectivity index (χ3v) is 5.08. The van der Waals surface area contributed by atoms with Gasteiger partial charge in [0.05, 0.1) is 5.03 Å². The summed E-state index contributed by atoms with van der Waals surface area (Å²) in [5.41, 5.74) is 0. The smallest absolute Gasteiger partial charge is 0.130 e. The van der Waals surface area contributed by atoms with Gasteiger partial charge in [-0.2, -0.15) is 0 Å². The molecule has 1 saturated heterocycles. The molecule has 3 nitrogen and oxygen atoms in total. The maximum Gasteiger partial charge on any atom is 0.130 e. The summed E-state index contributed by atoms with van der Waals surface area (Å²) < 4.78 is 0. The van der Waals surface area contributed by atoms with Crippen LogP contribution in [0.25, 0.3) is 0 Å². The van der Waals surface area contributed by atoms with Crippen molar-refractivity contribution in [2.75, 3.05) is 40.3 Å². The first-order valence-electron chi connectivity index (χ1n) is 7.30. The van der Waals surface area contributed by atoms with Crippen LogP contribution in [0.1, 0.15) is 19.3 Å². The molecular formula is C15H24ClN3S. The van der Waals surface area contributed by atoms with Crippen molar-refractivity contribution in [2.45, 2.75) is 29.5 Å². The van der Waals surface area contributed by atoms with Gasteiger partial charge >= 0.3 is 0 Å². The van der Waals surface area contributed by atoms with Gasteiger partial charge in [0.25, 0.3) is 0 Å². The van der Waals surface area contributed by atoms with Gasteiger partial charge in [-0.05, 0) is 71.7 Å². The highest BCUT2D eigenvalue weighted by Gasteiger charge is 2.20. The third-order valence-electron chi connectivity index (χ3n) is 3.59. The van der Waals surface area contributed by atoms with Gasteiger partial charge in [-0.1, -0.05) is 17.7 Å². The lowest BCUT2D eigenvalue weighted by Gasteiger charge is -2.31. The molecule has 0 saturated carbocycles. The van der Waals surface area contributed by atoms with E-state index in [2.05, 4.69) is 34.9 Å². The zero-order chi connectivity index (χ0) is 14.4. The Balaban J connectivity index is 1.69. The predicted molar refractivity (Wildman–Crippen MR) is 87.7 cm³/mol. The SMILES string of the molecule is CN(C)CCCN1CCC(Sc2cccc(Cl)n2)CC1. The Morgan fingerprint density at radius 3 is 2.75 bits per heavy atom. The Morgan fingerprint density at radius 2 is 2.10 bits per heavy atom. The van der Waals surface area contributed by atoms with Crippen molar-refractivity contribution in [1.29, 1.82) is 0 Å². The Morgan fingerprint density at radius 1 is 1.35 bits per heavy atom. The van der Waals surface area contributed by atoms with Gasteiger partial charge in [-0.25, -0.2) is 4.98 Å². The normalized spacial score (nSPS) is 17.8. The van der Waals surface area contributed by atoms with Crippen molar-refractivity contribution in [3.63, 3.8) is 0 Å². The third kappa shape index (κ3) is 5.60.